The van der Waals surface area contributed by atoms with Gasteiger partial charge in [-0.15, -0.1) is 0 Å². The van der Waals surface area contributed by atoms with E-state index in [9.17, 15) is 9.90 Å². The molecule has 0 bridgehead atoms. The van der Waals surface area contributed by atoms with Crippen molar-refractivity contribution in [3.63, 3.8) is 0 Å². The van der Waals surface area contributed by atoms with Crippen LogP contribution in [0.3, 0.4) is 0 Å². The summed E-state index contributed by atoms with van der Waals surface area (Å²) in [7, 11) is 0. The molecule has 0 aliphatic carbocycles. The van der Waals surface area contributed by atoms with E-state index in [1.807, 2.05) is 0 Å². The summed E-state index contributed by atoms with van der Waals surface area (Å²) in [5, 5.41) is 10.0. The summed E-state index contributed by atoms with van der Waals surface area (Å²) >= 11 is 0. The lowest BCUT2D eigenvalue weighted by atomic mass is 9.93. The molecule has 0 rings (SSSR count). The highest BCUT2D eigenvalue weighted by atomic mass is 16.4. The zero-order chi connectivity index (χ0) is 8.15. The van der Waals surface area contributed by atoms with Crippen molar-refractivity contribution in [2.24, 2.45) is 11.8 Å². The van der Waals surface area contributed by atoms with E-state index in [4.69, 9.17) is 0 Å². The summed E-state index contributed by atoms with van der Waals surface area (Å²) in [5.41, 5.74) is 0. The predicted molar refractivity (Wildman–Crippen MR) is 38.2 cm³/mol. The number of hydrogen-bond donors (Lipinski definition) is 0. The molecule has 0 heterocycles. The highest BCUT2D eigenvalue weighted by molar-refractivity contribution is 5.64. The van der Waals surface area contributed by atoms with Gasteiger partial charge in [0.05, 0.1) is 0 Å². The first-order chi connectivity index (χ1) is 4.54. The first kappa shape index (κ1) is 9.47. The van der Waals surface area contributed by atoms with Gasteiger partial charge in [-0.2, -0.15) is 0 Å². The first-order valence-corrected chi connectivity index (χ1v) is 3.74. The van der Waals surface area contributed by atoms with E-state index in [0.29, 0.717) is 11.8 Å². The van der Waals surface area contributed by atoms with Gasteiger partial charge in [0.25, 0.3) is 0 Å². The molecular weight excluding hydrogens is 128 g/mol. The van der Waals surface area contributed by atoms with Crippen LogP contribution in [0.25, 0.3) is 0 Å². The molecule has 0 N–H and O–H groups in total. The van der Waals surface area contributed by atoms with Crippen LogP contribution in [-0.4, -0.2) is 5.97 Å². The van der Waals surface area contributed by atoms with Gasteiger partial charge in [0.2, 0.25) is 0 Å². The van der Waals surface area contributed by atoms with E-state index in [1.54, 1.807) is 0 Å². The zero-order valence-electron chi connectivity index (χ0n) is 6.89. The Kier molecular flexibility index (Phi) is 4.08. The van der Waals surface area contributed by atoms with E-state index in [0.717, 1.165) is 6.42 Å². The minimum atomic E-state index is -0.937. The largest absolute Gasteiger partial charge is 0.550 e. The third-order valence-corrected chi connectivity index (χ3v) is 1.94. The molecule has 0 saturated carbocycles. The number of rotatable bonds is 4. The molecule has 2 heteroatoms. The van der Waals surface area contributed by atoms with Crippen LogP contribution in [0.1, 0.15) is 33.6 Å². The number of carboxylic acid groups (broad SMARTS) is 1. The van der Waals surface area contributed by atoms with Crippen molar-refractivity contribution < 1.29 is 9.90 Å². The van der Waals surface area contributed by atoms with E-state index in [1.165, 1.54) is 0 Å². The zero-order valence-corrected chi connectivity index (χ0v) is 6.89. The van der Waals surface area contributed by atoms with Crippen molar-refractivity contribution in [2.45, 2.75) is 33.6 Å². The number of carboxylic acids is 1. The Morgan fingerprint density at radius 1 is 1.40 bits per heavy atom. The maximum absolute atomic E-state index is 10.0. The Bertz CT molecular complexity index is 108. The molecular formula is C8H15O2-. The van der Waals surface area contributed by atoms with Crippen LogP contribution in [-0.2, 0) is 4.79 Å². The molecule has 60 valence electrons. The topological polar surface area (TPSA) is 40.1 Å². The number of carbonyl (C=O) groups is 1. The molecule has 0 spiro atoms. The number of aliphatic carboxylic acids is 1. The molecule has 0 aromatic rings. The van der Waals surface area contributed by atoms with Crippen molar-refractivity contribution in [3.8, 4) is 0 Å². The van der Waals surface area contributed by atoms with Gasteiger partial charge >= 0.3 is 0 Å². The van der Waals surface area contributed by atoms with Crippen LogP contribution in [0.5, 0.6) is 0 Å². The Balaban J connectivity index is 3.39. The SMILES string of the molecule is CC(C)C(C)CCC(=O)[O-]. The monoisotopic (exact) mass is 143 g/mol. The molecule has 1 atom stereocenters. The Morgan fingerprint density at radius 2 is 1.90 bits per heavy atom. The normalized spacial score (nSPS) is 13.6. The molecule has 0 saturated heterocycles. The van der Waals surface area contributed by atoms with Crippen LogP contribution < -0.4 is 5.11 Å². The van der Waals surface area contributed by atoms with Gasteiger partial charge in [-0.3, -0.25) is 0 Å². The van der Waals surface area contributed by atoms with E-state index in [2.05, 4.69) is 20.8 Å². The van der Waals surface area contributed by atoms with Crippen LogP contribution in [0, 0.1) is 11.8 Å². The van der Waals surface area contributed by atoms with Crippen LogP contribution in [0.15, 0.2) is 0 Å². The van der Waals surface area contributed by atoms with Crippen LogP contribution >= 0.6 is 0 Å². The van der Waals surface area contributed by atoms with Gasteiger partial charge in [-0.25, -0.2) is 0 Å². The average Bonchev–Trinajstić information content (AvgIpc) is 1.82. The summed E-state index contributed by atoms with van der Waals surface area (Å²) < 4.78 is 0. The lowest BCUT2D eigenvalue weighted by molar-refractivity contribution is -0.306. The fraction of sp³-hybridized carbons (Fsp3) is 0.875. The number of carbonyl (C=O) groups excluding carboxylic acids is 1. The van der Waals surface area contributed by atoms with Crippen molar-refractivity contribution >= 4 is 5.97 Å². The lowest BCUT2D eigenvalue weighted by Gasteiger charge is -2.14. The first-order valence-electron chi connectivity index (χ1n) is 3.74. The number of hydrogen-bond acceptors (Lipinski definition) is 2. The summed E-state index contributed by atoms with van der Waals surface area (Å²) in [6.45, 7) is 6.26. The third-order valence-electron chi connectivity index (χ3n) is 1.94. The molecule has 2 nitrogen and oxygen atoms in total. The summed E-state index contributed by atoms with van der Waals surface area (Å²) in [4.78, 5) is 10.0. The van der Waals surface area contributed by atoms with Gasteiger partial charge in [0.1, 0.15) is 0 Å². The Hall–Kier alpha value is -0.530. The van der Waals surface area contributed by atoms with Crippen molar-refractivity contribution in [3.05, 3.63) is 0 Å². The molecule has 10 heavy (non-hydrogen) atoms. The van der Waals surface area contributed by atoms with Crippen LogP contribution in [0.2, 0.25) is 0 Å². The van der Waals surface area contributed by atoms with Gasteiger partial charge in [-0.1, -0.05) is 20.8 Å². The molecule has 0 aromatic heterocycles. The van der Waals surface area contributed by atoms with Crippen LogP contribution in [0.4, 0.5) is 0 Å². The average molecular weight is 143 g/mol. The second-order valence-corrected chi connectivity index (χ2v) is 3.13. The molecule has 0 aromatic carbocycles. The van der Waals surface area contributed by atoms with Gasteiger partial charge in [0, 0.05) is 5.97 Å². The summed E-state index contributed by atoms with van der Waals surface area (Å²) in [6, 6.07) is 0. The molecule has 0 fully saturated rings. The lowest BCUT2D eigenvalue weighted by Crippen LogP contribution is -2.23. The third kappa shape index (κ3) is 4.36. The molecule has 0 amide bonds. The minimum Gasteiger partial charge on any atom is -0.550 e. The Labute approximate surface area is 62.2 Å². The van der Waals surface area contributed by atoms with Gasteiger partial charge in [0.15, 0.2) is 0 Å². The van der Waals surface area contributed by atoms with E-state index in [-0.39, 0.29) is 6.42 Å². The summed E-state index contributed by atoms with van der Waals surface area (Å²) in [5.74, 6) is 0.116. The van der Waals surface area contributed by atoms with Gasteiger partial charge < -0.3 is 9.90 Å². The molecule has 0 radical (unpaired) electrons. The minimum absolute atomic E-state index is 0.194. The smallest absolute Gasteiger partial charge is 0.0414 e. The predicted octanol–water partition coefficient (Wildman–Crippen LogP) is 0.809. The fourth-order valence-corrected chi connectivity index (χ4v) is 0.679. The quantitative estimate of drug-likeness (QED) is 0.584. The van der Waals surface area contributed by atoms with Crippen molar-refractivity contribution in [1.29, 1.82) is 0 Å². The maximum Gasteiger partial charge on any atom is 0.0414 e. The standard InChI is InChI=1S/C8H16O2/c1-6(2)7(3)4-5-8(9)10/h6-7H,4-5H2,1-3H3,(H,9,10)/p-1. The fourth-order valence-electron chi connectivity index (χ4n) is 0.679. The van der Waals surface area contributed by atoms with Crippen molar-refractivity contribution in [2.75, 3.05) is 0 Å². The highest BCUT2D eigenvalue weighted by Crippen LogP contribution is 2.14. The highest BCUT2D eigenvalue weighted by Gasteiger charge is 2.05. The van der Waals surface area contributed by atoms with Gasteiger partial charge in [-0.05, 0) is 24.7 Å². The molecule has 0 aliphatic heterocycles. The second-order valence-electron chi connectivity index (χ2n) is 3.13. The molecule has 1 unspecified atom stereocenters. The molecule has 0 aliphatic rings. The van der Waals surface area contributed by atoms with E-state index < -0.39 is 5.97 Å². The second kappa shape index (κ2) is 4.31. The summed E-state index contributed by atoms with van der Waals surface area (Å²) in [6.07, 6.45) is 0.930. The maximum atomic E-state index is 10.0. The van der Waals surface area contributed by atoms with E-state index >= 15 is 0 Å². The van der Waals surface area contributed by atoms with Crippen molar-refractivity contribution in [1.82, 2.24) is 0 Å². The Morgan fingerprint density at radius 3 is 2.20 bits per heavy atom.